The van der Waals surface area contributed by atoms with Gasteiger partial charge in [0.1, 0.15) is 5.82 Å². The molecule has 0 aliphatic heterocycles. The summed E-state index contributed by atoms with van der Waals surface area (Å²) >= 11 is 7.11. The highest BCUT2D eigenvalue weighted by molar-refractivity contribution is 7.16. The Bertz CT molecular complexity index is 1110. The smallest absolute Gasteiger partial charge is 0.325 e. The van der Waals surface area contributed by atoms with Crippen LogP contribution in [0.1, 0.15) is 27.2 Å². The molecule has 31 heavy (non-hydrogen) atoms. The number of carbonyl (C=O) groups excluding carboxylic acids is 2. The van der Waals surface area contributed by atoms with Crippen molar-refractivity contribution in [2.45, 2.75) is 19.0 Å². The van der Waals surface area contributed by atoms with Gasteiger partial charge >= 0.3 is 6.18 Å². The third kappa shape index (κ3) is 6.05. The zero-order valence-corrected chi connectivity index (χ0v) is 17.3. The summed E-state index contributed by atoms with van der Waals surface area (Å²) in [6.07, 6.45) is -4.48. The third-order valence-corrected chi connectivity index (χ3v) is 5.49. The number of hydrogen-bond donors (Lipinski definition) is 2. The van der Waals surface area contributed by atoms with E-state index in [-0.39, 0.29) is 17.7 Å². The van der Waals surface area contributed by atoms with Gasteiger partial charge in [-0.1, -0.05) is 23.7 Å². The Morgan fingerprint density at radius 2 is 1.74 bits per heavy atom. The van der Waals surface area contributed by atoms with Gasteiger partial charge in [-0.2, -0.15) is 13.2 Å². The average molecular weight is 471 g/mol. The molecule has 0 atom stereocenters. The second-order valence-corrected chi connectivity index (χ2v) is 8.25. The fourth-order valence-corrected chi connectivity index (χ4v) is 3.83. The Morgan fingerprint density at radius 3 is 2.39 bits per heavy atom. The molecule has 3 aromatic rings. The Hall–Kier alpha value is -2.91. The predicted molar refractivity (Wildman–Crippen MR) is 112 cm³/mol. The van der Waals surface area contributed by atoms with Crippen LogP contribution in [0, 0.1) is 5.82 Å². The van der Waals surface area contributed by atoms with Crippen molar-refractivity contribution in [1.82, 2.24) is 0 Å². The van der Waals surface area contributed by atoms with E-state index in [9.17, 15) is 27.2 Å². The van der Waals surface area contributed by atoms with Crippen LogP contribution in [0.3, 0.4) is 0 Å². The molecule has 3 rings (SSSR count). The highest BCUT2D eigenvalue weighted by atomic mass is 35.5. The molecule has 2 aromatic carbocycles. The number of anilines is 2. The normalized spacial score (nSPS) is 11.3. The van der Waals surface area contributed by atoms with Crippen molar-refractivity contribution in [3.63, 3.8) is 0 Å². The highest BCUT2D eigenvalue weighted by Crippen LogP contribution is 2.37. The minimum atomic E-state index is -4.79. The largest absolute Gasteiger partial charge is 0.418 e. The molecule has 0 spiro atoms. The zero-order valence-electron chi connectivity index (χ0n) is 15.7. The molecule has 1 aromatic heterocycles. The lowest BCUT2D eigenvalue weighted by Gasteiger charge is -2.16. The quantitative estimate of drug-likeness (QED) is 0.410. The number of thiophene rings is 1. The van der Waals surface area contributed by atoms with Crippen LogP contribution < -0.4 is 10.6 Å². The first-order chi connectivity index (χ1) is 14.6. The number of nitrogens with one attached hydrogen (secondary N) is 2. The van der Waals surface area contributed by atoms with E-state index in [0.29, 0.717) is 16.8 Å². The van der Waals surface area contributed by atoms with Crippen molar-refractivity contribution >= 4 is 46.1 Å². The van der Waals surface area contributed by atoms with E-state index in [1.165, 1.54) is 35.6 Å². The lowest BCUT2D eigenvalue weighted by Crippen LogP contribution is -2.18. The molecule has 0 saturated carbocycles. The molecule has 0 fully saturated rings. The lowest BCUT2D eigenvalue weighted by molar-refractivity contribution is -0.136. The molecule has 0 aliphatic carbocycles. The van der Waals surface area contributed by atoms with Crippen LogP contribution >= 0.6 is 22.9 Å². The number of amides is 2. The molecule has 0 unspecified atom stereocenters. The second kappa shape index (κ2) is 9.49. The van der Waals surface area contributed by atoms with E-state index >= 15 is 0 Å². The maximum atomic E-state index is 13.7. The van der Waals surface area contributed by atoms with Crippen LogP contribution in [0.4, 0.5) is 28.9 Å². The molecule has 1 heterocycles. The van der Waals surface area contributed by atoms with Crippen LogP contribution in [-0.2, 0) is 17.4 Å². The molecule has 10 heteroatoms. The topological polar surface area (TPSA) is 58.2 Å². The van der Waals surface area contributed by atoms with Crippen LogP contribution in [0.2, 0.25) is 4.34 Å². The number of hydrogen-bond acceptors (Lipinski definition) is 3. The van der Waals surface area contributed by atoms with Crippen molar-refractivity contribution in [3.05, 3.63) is 80.8 Å². The number of halogens is 5. The molecule has 162 valence electrons. The first-order valence-electron chi connectivity index (χ1n) is 8.94. The van der Waals surface area contributed by atoms with Crippen LogP contribution in [0.15, 0.2) is 54.6 Å². The molecule has 4 nitrogen and oxygen atoms in total. The van der Waals surface area contributed by atoms with Gasteiger partial charge in [-0.3, -0.25) is 9.59 Å². The van der Waals surface area contributed by atoms with Crippen molar-refractivity contribution in [2.75, 3.05) is 10.6 Å². The standard InChI is InChI=1S/C21H15ClF4N2O2S/c22-18-9-6-13(31-18)7-10-19(29)28-17-8-5-12(11-15(17)21(24,25)26)27-20(30)14-3-1-2-4-16(14)23/h1-6,8-9,11H,7,10H2,(H,27,30)(H,28,29). The van der Waals surface area contributed by atoms with E-state index in [1.807, 2.05) is 0 Å². The number of benzene rings is 2. The van der Waals surface area contributed by atoms with Crippen molar-refractivity contribution in [1.29, 1.82) is 0 Å². The fraction of sp³-hybridized carbons (Fsp3) is 0.143. The molecular formula is C21H15ClF4N2O2S. The van der Waals surface area contributed by atoms with Crippen molar-refractivity contribution in [2.24, 2.45) is 0 Å². The van der Waals surface area contributed by atoms with Crippen LogP contribution in [-0.4, -0.2) is 11.8 Å². The first-order valence-corrected chi connectivity index (χ1v) is 10.1. The summed E-state index contributed by atoms with van der Waals surface area (Å²) in [6, 6.07) is 11.4. The Labute approximate surface area is 183 Å². The van der Waals surface area contributed by atoms with Crippen molar-refractivity contribution < 1.29 is 27.2 Å². The summed E-state index contributed by atoms with van der Waals surface area (Å²) in [4.78, 5) is 25.1. The maximum Gasteiger partial charge on any atom is 0.418 e. The monoisotopic (exact) mass is 470 g/mol. The summed E-state index contributed by atoms with van der Waals surface area (Å²) in [5.74, 6) is -2.29. The highest BCUT2D eigenvalue weighted by Gasteiger charge is 2.34. The third-order valence-electron chi connectivity index (χ3n) is 4.20. The average Bonchev–Trinajstić information content (AvgIpc) is 3.12. The molecule has 0 saturated heterocycles. The van der Waals surface area contributed by atoms with Gasteiger partial charge in [0.05, 0.1) is 21.2 Å². The second-order valence-electron chi connectivity index (χ2n) is 6.45. The predicted octanol–water partition coefficient (Wildman–Crippen LogP) is 6.38. The molecule has 0 aliphatic rings. The van der Waals surface area contributed by atoms with Crippen LogP contribution in [0.25, 0.3) is 0 Å². The number of carbonyl (C=O) groups is 2. The van der Waals surface area contributed by atoms with Gasteiger partial charge in [0.25, 0.3) is 5.91 Å². The summed E-state index contributed by atoms with van der Waals surface area (Å²) in [6.45, 7) is 0. The van der Waals surface area contributed by atoms with Gasteiger partial charge in [-0.05, 0) is 48.9 Å². The Morgan fingerprint density at radius 1 is 1.00 bits per heavy atom. The number of rotatable bonds is 6. The summed E-state index contributed by atoms with van der Waals surface area (Å²) in [5.41, 5.74) is -2.06. The minimum Gasteiger partial charge on any atom is -0.325 e. The number of alkyl halides is 3. The molecule has 2 N–H and O–H groups in total. The summed E-state index contributed by atoms with van der Waals surface area (Å²) in [5, 5.41) is 4.49. The number of aryl methyl sites for hydroxylation is 1. The molecular weight excluding hydrogens is 456 g/mol. The van der Waals surface area contributed by atoms with E-state index < -0.39 is 35.1 Å². The fourth-order valence-electron chi connectivity index (χ4n) is 2.74. The lowest BCUT2D eigenvalue weighted by atomic mass is 10.1. The van der Waals surface area contributed by atoms with E-state index in [2.05, 4.69) is 10.6 Å². The molecule has 0 bridgehead atoms. The van der Waals surface area contributed by atoms with Gasteiger partial charge in [-0.25, -0.2) is 4.39 Å². The first kappa shape index (κ1) is 22.8. The van der Waals surface area contributed by atoms with Gasteiger partial charge in [0.15, 0.2) is 0 Å². The Balaban J connectivity index is 1.74. The van der Waals surface area contributed by atoms with E-state index in [4.69, 9.17) is 11.6 Å². The van der Waals surface area contributed by atoms with E-state index in [1.54, 1.807) is 12.1 Å². The molecule has 2 amide bonds. The van der Waals surface area contributed by atoms with Crippen LogP contribution in [0.5, 0.6) is 0 Å². The van der Waals surface area contributed by atoms with Gasteiger partial charge in [0, 0.05) is 17.0 Å². The van der Waals surface area contributed by atoms with Crippen molar-refractivity contribution in [3.8, 4) is 0 Å². The van der Waals surface area contributed by atoms with Gasteiger partial charge in [0.2, 0.25) is 5.91 Å². The van der Waals surface area contributed by atoms with Gasteiger partial charge in [-0.15, -0.1) is 11.3 Å². The zero-order chi connectivity index (χ0) is 22.6. The maximum absolute atomic E-state index is 13.7. The summed E-state index contributed by atoms with van der Waals surface area (Å²) in [7, 11) is 0. The summed E-state index contributed by atoms with van der Waals surface area (Å²) < 4.78 is 54.8. The minimum absolute atomic E-state index is 0.0279. The van der Waals surface area contributed by atoms with Gasteiger partial charge < -0.3 is 10.6 Å². The molecule has 0 radical (unpaired) electrons. The SMILES string of the molecule is O=C(CCc1ccc(Cl)s1)Nc1ccc(NC(=O)c2ccccc2F)cc1C(F)(F)F. The Kier molecular flexibility index (Phi) is 6.97. The van der Waals surface area contributed by atoms with E-state index in [0.717, 1.165) is 17.0 Å².